The van der Waals surface area contributed by atoms with Gasteiger partial charge in [0.1, 0.15) is 5.75 Å². The summed E-state index contributed by atoms with van der Waals surface area (Å²) >= 11 is 0. The second kappa shape index (κ2) is 6.22. The number of hydrogen-bond donors (Lipinski definition) is 1. The zero-order valence-electron chi connectivity index (χ0n) is 13.4. The van der Waals surface area contributed by atoms with Gasteiger partial charge < -0.3 is 10.1 Å². The maximum atomic E-state index is 5.70. The maximum Gasteiger partial charge on any atom is 0.322 e. The lowest BCUT2D eigenvalue weighted by atomic mass is 10.1. The average molecular weight is 285 g/mol. The normalized spacial score (nSPS) is 11.5. The lowest BCUT2D eigenvalue weighted by Gasteiger charge is -2.20. The average Bonchev–Trinajstić information content (AvgIpc) is 2.36. The van der Waals surface area contributed by atoms with E-state index in [9.17, 15) is 0 Å². The third-order valence-corrected chi connectivity index (χ3v) is 3.07. The predicted molar refractivity (Wildman–Crippen MR) is 84.6 cm³/mol. The first kappa shape index (κ1) is 15.4. The summed E-state index contributed by atoms with van der Waals surface area (Å²) in [5.74, 6) is 0.759. The van der Waals surface area contributed by atoms with E-state index in [1.54, 1.807) is 0 Å². The van der Waals surface area contributed by atoms with Gasteiger partial charge >= 0.3 is 6.01 Å². The van der Waals surface area contributed by atoms with Crippen molar-refractivity contribution in [2.24, 2.45) is 0 Å². The first-order chi connectivity index (χ1) is 9.83. The van der Waals surface area contributed by atoms with Gasteiger partial charge in [0.05, 0.1) is 0 Å². The lowest BCUT2D eigenvalue weighted by molar-refractivity contribution is 0.418. The maximum absolute atomic E-state index is 5.70. The van der Waals surface area contributed by atoms with Crippen LogP contribution in [0.4, 0.5) is 0 Å². The molecule has 1 heterocycles. The standard InChI is InChI=1S/C17H23N3O/c1-12-7-6-8-15(9-12)21-16-18-10-14(13(2)20-16)11-19-17(3,4)5/h6-10,19H,11H2,1-5H3. The highest BCUT2D eigenvalue weighted by molar-refractivity contribution is 5.30. The zero-order chi connectivity index (χ0) is 15.5. The monoisotopic (exact) mass is 285 g/mol. The third-order valence-electron chi connectivity index (χ3n) is 3.07. The molecule has 0 aliphatic carbocycles. The van der Waals surface area contributed by atoms with Crippen molar-refractivity contribution in [3.63, 3.8) is 0 Å². The number of rotatable bonds is 4. The summed E-state index contributed by atoms with van der Waals surface area (Å²) in [7, 11) is 0. The molecule has 0 fully saturated rings. The van der Waals surface area contributed by atoms with Crippen LogP contribution in [0, 0.1) is 13.8 Å². The Kier molecular flexibility index (Phi) is 4.58. The summed E-state index contributed by atoms with van der Waals surface area (Å²) < 4.78 is 5.70. The van der Waals surface area contributed by atoms with Gasteiger partial charge in [-0.3, -0.25) is 0 Å². The number of nitrogens with zero attached hydrogens (tertiary/aromatic N) is 2. The second-order valence-corrected chi connectivity index (χ2v) is 6.29. The molecule has 0 aliphatic heterocycles. The van der Waals surface area contributed by atoms with Crippen LogP contribution in [-0.2, 0) is 6.54 Å². The van der Waals surface area contributed by atoms with E-state index in [1.807, 2.05) is 44.3 Å². The lowest BCUT2D eigenvalue weighted by Crippen LogP contribution is -2.35. The number of ether oxygens (including phenoxy) is 1. The molecule has 0 radical (unpaired) electrons. The van der Waals surface area contributed by atoms with Gasteiger partial charge in [0.15, 0.2) is 0 Å². The Morgan fingerprint density at radius 1 is 1.19 bits per heavy atom. The number of aromatic nitrogens is 2. The fourth-order valence-corrected chi connectivity index (χ4v) is 1.84. The molecule has 0 saturated carbocycles. The fraction of sp³-hybridized carbons (Fsp3) is 0.412. The Morgan fingerprint density at radius 2 is 1.95 bits per heavy atom. The van der Waals surface area contributed by atoms with Crippen molar-refractivity contribution in [2.45, 2.75) is 46.7 Å². The van der Waals surface area contributed by atoms with E-state index in [0.29, 0.717) is 6.01 Å². The van der Waals surface area contributed by atoms with Crippen LogP contribution < -0.4 is 10.1 Å². The number of hydrogen-bond acceptors (Lipinski definition) is 4. The molecule has 4 heteroatoms. The predicted octanol–water partition coefficient (Wildman–Crippen LogP) is 3.77. The van der Waals surface area contributed by atoms with Crippen LogP contribution in [0.5, 0.6) is 11.8 Å². The van der Waals surface area contributed by atoms with Crippen LogP contribution in [-0.4, -0.2) is 15.5 Å². The Morgan fingerprint density at radius 3 is 2.57 bits per heavy atom. The SMILES string of the molecule is Cc1cccc(Oc2ncc(CNC(C)(C)C)c(C)n2)c1. The molecule has 1 aromatic heterocycles. The summed E-state index contributed by atoms with van der Waals surface area (Å²) in [6.07, 6.45) is 1.83. The molecule has 0 spiro atoms. The molecule has 2 aromatic rings. The van der Waals surface area contributed by atoms with Crippen LogP contribution in [0.25, 0.3) is 0 Å². The molecule has 1 N–H and O–H groups in total. The van der Waals surface area contributed by atoms with Crippen LogP contribution in [0.2, 0.25) is 0 Å². The molecule has 0 bridgehead atoms. The second-order valence-electron chi connectivity index (χ2n) is 6.29. The van der Waals surface area contributed by atoms with Crippen molar-refractivity contribution in [1.82, 2.24) is 15.3 Å². The van der Waals surface area contributed by atoms with E-state index in [0.717, 1.165) is 29.1 Å². The number of aryl methyl sites for hydroxylation is 2. The number of benzene rings is 1. The zero-order valence-corrected chi connectivity index (χ0v) is 13.4. The molecule has 1 aromatic carbocycles. The molecule has 2 rings (SSSR count). The summed E-state index contributed by atoms with van der Waals surface area (Å²) in [5, 5.41) is 3.43. The summed E-state index contributed by atoms with van der Waals surface area (Å²) in [4.78, 5) is 8.72. The first-order valence-corrected chi connectivity index (χ1v) is 7.15. The minimum absolute atomic E-state index is 0.0726. The van der Waals surface area contributed by atoms with E-state index in [-0.39, 0.29) is 5.54 Å². The van der Waals surface area contributed by atoms with Gasteiger partial charge in [-0.2, -0.15) is 4.98 Å². The van der Waals surface area contributed by atoms with Crippen molar-refractivity contribution < 1.29 is 4.74 Å². The van der Waals surface area contributed by atoms with Crippen molar-refractivity contribution in [1.29, 1.82) is 0 Å². The van der Waals surface area contributed by atoms with Gasteiger partial charge in [0.25, 0.3) is 0 Å². The molecule has 112 valence electrons. The highest BCUT2D eigenvalue weighted by Crippen LogP contribution is 2.19. The van der Waals surface area contributed by atoms with E-state index in [4.69, 9.17) is 4.74 Å². The smallest absolute Gasteiger partial charge is 0.322 e. The molecular weight excluding hydrogens is 262 g/mol. The fourth-order valence-electron chi connectivity index (χ4n) is 1.84. The Hall–Kier alpha value is -1.94. The van der Waals surface area contributed by atoms with Gasteiger partial charge in [0, 0.05) is 29.5 Å². The minimum atomic E-state index is 0.0726. The summed E-state index contributed by atoms with van der Waals surface area (Å²) in [6.45, 7) is 11.2. The third kappa shape index (κ3) is 4.83. The van der Waals surface area contributed by atoms with E-state index in [1.165, 1.54) is 0 Å². The molecule has 0 amide bonds. The highest BCUT2D eigenvalue weighted by Gasteiger charge is 2.11. The summed E-state index contributed by atoms with van der Waals surface area (Å²) in [5.41, 5.74) is 3.24. The minimum Gasteiger partial charge on any atom is -0.424 e. The van der Waals surface area contributed by atoms with Crippen LogP contribution in [0.3, 0.4) is 0 Å². The molecule has 0 unspecified atom stereocenters. The largest absolute Gasteiger partial charge is 0.424 e. The van der Waals surface area contributed by atoms with Gasteiger partial charge in [-0.15, -0.1) is 0 Å². The summed E-state index contributed by atoms with van der Waals surface area (Å²) in [6, 6.07) is 8.24. The van der Waals surface area contributed by atoms with E-state index in [2.05, 4.69) is 36.1 Å². The Labute approximate surface area is 126 Å². The molecule has 0 saturated heterocycles. The van der Waals surface area contributed by atoms with Gasteiger partial charge in [0.2, 0.25) is 0 Å². The molecule has 0 atom stereocenters. The van der Waals surface area contributed by atoms with E-state index >= 15 is 0 Å². The van der Waals surface area contributed by atoms with Gasteiger partial charge in [-0.1, -0.05) is 12.1 Å². The molecule has 4 nitrogen and oxygen atoms in total. The topological polar surface area (TPSA) is 47.0 Å². The van der Waals surface area contributed by atoms with Crippen molar-refractivity contribution in [2.75, 3.05) is 0 Å². The van der Waals surface area contributed by atoms with Crippen LogP contribution in [0.15, 0.2) is 30.5 Å². The molecule has 21 heavy (non-hydrogen) atoms. The Bertz CT molecular complexity index is 618. The van der Waals surface area contributed by atoms with Gasteiger partial charge in [-0.25, -0.2) is 4.98 Å². The van der Waals surface area contributed by atoms with Crippen molar-refractivity contribution in [3.05, 3.63) is 47.3 Å². The highest BCUT2D eigenvalue weighted by atomic mass is 16.5. The van der Waals surface area contributed by atoms with Crippen molar-refractivity contribution in [3.8, 4) is 11.8 Å². The number of nitrogens with one attached hydrogen (secondary N) is 1. The van der Waals surface area contributed by atoms with Crippen molar-refractivity contribution >= 4 is 0 Å². The Balaban J connectivity index is 2.08. The van der Waals surface area contributed by atoms with E-state index < -0.39 is 0 Å². The molecular formula is C17H23N3O. The quantitative estimate of drug-likeness (QED) is 0.928. The molecule has 0 aliphatic rings. The van der Waals surface area contributed by atoms with Crippen LogP contribution >= 0.6 is 0 Å². The van der Waals surface area contributed by atoms with Gasteiger partial charge in [-0.05, 0) is 52.3 Å². The first-order valence-electron chi connectivity index (χ1n) is 7.15. The van der Waals surface area contributed by atoms with Crippen LogP contribution in [0.1, 0.15) is 37.6 Å².